The van der Waals surface area contributed by atoms with Crippen molar-refractivity contribution in [2.24, 2.45) is 5.92 Å². The lowest BCUT2D eigenvalue weighted by molar-refractivity contribution is -0.126. The smallest absolute Gasteiger partial charge is 0.248 e. The van der Waals surface area contributed by atoms with Crippen LogP contribution in [-0.2, 0) is 4.79 Å². The molecule has 2 fully saturated rings. The van der Waals surface area contributed by atoms with E-state index < -0.39 is 5.92 Å². The van der Waals surface area contributed by atoms with Crippen molar-refractivity contribution in [3.8, 4) is 0 Å². The summed E-state index contributed by atoms with van der Waals surface area (Å²) in [5, 5.41) is 0.113. The topological polar surface area (TPSA) is 17.1 Å². The van der Waals surface area contributed by atoms with Gasteiger partial charge >= 0.3 is 0 Å². The van der Waals surface area contributed by atoms with Crippen molar-refractivity contribution in [2.75, 3.05) is 5.75 Å². The summed E-state index contributed by atoms with van der Waals surface area (Å²) in [6, 6.07) is 0. The zero-order chi connectivity index (χ0) is 10.9. The molecule has 4 heteroatoms. The van der Waals surface area contributed by atoms with Crippen molar-refractivity contribution >= 4 is 17.5 Å². The third kappa shape index (κ3) is 2.71. The Labute approximate surface area is 93.0 Å². The van der Waals surface area contributed by atoms with Gasteiger partial charge in [-0.2, -0.15) is 11.8 Å². The van der Waals surface area contributed by atoms with Crippen LogP contribution in [-0.4, -0.2) is 22.7 Å². The summed E-state index contributed by atoms with van der Waals surface area (Å²) < 4.78 is 25.8. The van der Waals surface area contributed by atoms with Gasteiger partial charge in [0.15, 0.2) is 0 Å². The standard InChI is InChI=1S/C11H16F2OS/c12-11(13)5-3-8(4-6-11)10(14)9-2-1-7-15-9/h8-9H,1-7H2. The predicted octanol–water partition coefficient (Wildman–Crippen LogP) is 3.28. The van der Waals surface area contributed by atoms with Crippen LogP contribution in [0, 0.1) is 5.92 Å². The summed E-state index contributed by atoms with van der Waals surface area (Å²) in [5.74, 6) is -1.30. The number of rotatable bonds is 2. The first kappa shape index (κ1) is 11.4. The minimum absolute atomic E-state index is 0.0831. The van der Waals surface area contributed by atoms with Crippen LogP contribution in [0.25, 0.3) is 0 Å². The zero-order valence-electron chi connectivity index (χ0n) is 8.68. The first-order valence-corrected chi connectivity index (χ1v) is 6.66. The molecule has 0 aromatic heterocycles. The zero-order valence-corrected chi connectivity index (χ0v) is 9.49. The summed E-state index contributed by atoms with van der Waals surface area (Å²) in [6.45, 7) is 0. The third-order valence-electron chi connectivity index (χ3n) is 3.37. The fraction of sp³-hybridized carbons (Fsp3) is 0.909. The first-order chi connectivity index (χ1) is 7.08. The lowest BCUT2D eigenvalue weighted by Gasteiger charge is -2.28. The summed E-state index contributed by atoms with van der Waals surface area (Å²) >= 11 is 1.71. The number of hydrogen-bond donors (Lipinski definition) is 0. The Bertz CT molecular complexity index is 239. The van der Waals surface area contributed by atoms with Crippen LogP contribution >= 0.6 is 11.8 Å². The van der Waals surface area contributed by atoms with Gasteiger partial charge in [-0.05, 0) is 31.4 Å². The van der Waals surface area contributed by atoms with E-state index in [4.69, 9.17) is 0 Å². The molecule has 15 heavy (non-hydrogen) atoms. The van der Waals surface area contributed by atoms with E-state index in [1.165, 1.54) is 0 Å². The molecular formula is C11H16F2OS. The number of ketones is 1. The van der Waals surface area contributed by atoms with Crippen molar-refractivity contribution in [2.45, 2.75) is 49.7 Å². The van der Waals surface area contributed by atoms with Gasteiger partial charge < -0.3 is 0 Å². The summed E-state index contributed by atoms with van der Waals surface area (Å²) in [4.78, 5) is 11.9. The van der Waals surface area contributed by atoms with Gasteiger partial charge in [0.25, 0.3) is 0 Å². The highest BCUT2D eigenvalue weighted by Crippen LogP contribution is 2.39. The van der Waals surface area contributed by atoms with Crippen LogP contribution in [0.1, 0.15) is 38.5 Å². The van der Waals surface area contributed by atoms with Gasteiger partial charge in [-0.15, -0.1) is 0 Å². The second-order valence-electron chi connectivity index (χ2n) is 4.53. The number of halogens is 2. The maximum absolute atomic E-state index is 12.9. The van der Waals surface area contributed by atoms with E-state index in [0.717, 1.165) is 18.6 Å². The maximum Gasteiger partial charge on any atom is 0.248 e. The van der Waals surface area contributed by atoms with Gasteiger partial charge in [0.2, 0.25) is 5.92 Å². The molecule has 1 saturated heterocycles. The Balaban J connectivity index is 1.87. The van der Waals surface area contributed by atoms with Crippen LogP contribution in [0.5, 0.6) is 0 Å². The molecular weight excluding hydrogens is 218 g/mol. The molecule has 1 nitrogen and oxygen atoms in total. The lowest BCUT2D eigenvalue weighted by atomic mass is 9.82. The number of hydrogen-bond acceptors (Lipinski definition) is 2. The molecule has 0 radical (unpaired) electrons. The fourth-order valence-electron chi connectivity index (χ4n) is 2.39. The van der Waals surface area contributed by atoms with Crippen molar-refractivity contribution in [1.29, 1.82) is 0 Å². The van der Waals surface area contributed by atoms with E-state index in [9.17, 15) is 13.6 Å². The SMILES string of the molecule is O=C(C1CCC(F)(F)CC1)C1CCCS1. The average molecular weight is 234 g/mol. The summed E-state index contributed by atoms with van der Waals surface area (Å²) in [5.41, 5.74) is 0. The minimum Gasteiger partial charge on any atom is -0.298 e. The highest BCUT2D eigenvalue weighted by Gasteiger charge is 2.39. The molecule has 1 aliphatic carbocycles. The van der Waals surface area contributed by atoms with Gasteiger partial charge in [0, 0.05) is 18.8 Å². The quantitative estimate of drug-likeness (QED) is 0.729. The highest BCUT2D eigenvalue weighted by atomic mass is 32.2. The number of thioether (sulfide) groups is 1. The number of carbonyl (C=O) groups excluding carboxylic acids is 1. The van der Waals surface area contributed by atoms with Gasteiger partial charge in [0.1, 0.15) is 5.78 Å². The molecule has 0 N–H and O–H groups in total. The Hall–Kier alpha value is -0.120. The molecule has 1 aliphatic heterocycles. The van der Waals surface area contributed by atoms with E-state index in [1.54, 1.807) is 11.8 Å². The second kappa shape index (κ2) is 4.40. The molecule has 2 aliphatic rings. The van der Waals surface area contributed by atoms with Crippen molar-refractivity contribution in [1.82, 2.24) is 0 Å². The number of Topliss-reactive ketones (excluding diaryl/α,β-unsaturated/α-hetero) is 1. The minimum atomic E-state index is -2.51. The third-order valence-corrected chi connectivity index (χ3v) is 4.76. The number of carbonyl (C=O) groups is 1. The molecule has 0 aromatic carbocycles. The van der Waals surface area contributed by atoms with Crippen LogP contribution in [0.3, 0.4) is 0 Å². The fourth-order valence-corrected chi connectivity index (χ4v) is 3.70. The van der Waals surface area contributed by atoms with E-state index in [0.29, 0.717) is 12.8 Å². The molecule has 0 aromatic rings. The molecule has 1 unspecified atom stereocenters. The lowest BCUT2D eigenvalue weighted by Crippen LogP contribution is -2.32. The molecule has 0 bridgehead atoms. The average Bonchev–Trinajstić information content (AvgIpc) is 2.69. The van der Waals surface area contributed by atoms with Crippen molar-refractivity contribution < 1.29 is 13.6 Å². The number of alkyl halides is 2. The first-order valence-electron chi connectivity index (χ1n) is 5.62. The Morgan fingerprint density at radius 3 is 2.40 bits per heavy atom. The van der Waals surface area contributed by atoms with Crippen LogP contribution in [0.2, 0.25) is 0 Å². The van der Waals surface area contributed by atoms with Crippen LogP contribution < -0.4 is 0 Å². The molecule has 0 spiro atoms. The highest BCUT2D eigenvalue weighted by molar-refractivity contribution is 8.00. The second-order valence-corrected chi connectivity index (χ2v) is 5.84. The van der Waals surface area contributed by atoms with Gasteiger partial charge in [-0.1, -0.05) is 0 Å². The maximum atomic E-state index is 12.9. The van der Waals surface area contributed by atoms with Gasteiger partial charge in [-0.25, -0.2) is 8.78 Å². The Kier molecular flexibility index (Phi) is 3.33. The molecule has 1 saturated carbocycles. The summed E-state index contributed by atoms with van der Waals surface area (Å²) in [7, 11) is 0. The van der Waals surface area contributed by atoms with Crippen LogP contribution in [0.4, 0.5) is 8.78 Å². The van der Waals surface area contributed by atoms with Crippen LogP contribution in [0.15, 0.2) is 0 Å². The summed E-state index contributed by atoms with van der Waals surface area (Å²) in [6.07, 6.45) is 2.65. The monoisotopic (exact) mass is 234 g/mol. The normalized spacial score (nSPS) is 31.7. The van der Waals surface area contributed by atoms with E-state index in [1.807, 2.05) is 0 Å². The molecule has 86 valence electrons. The molecule has 0 amide bonds. The predicted molar refractivity (Wildman–Crippen MR) is 57.4 cm³/mol. The van der Waals surface area contributed by atoms with E-state index in [2.05, 4.69) is 0 Å². The van der Waals surface area contributed by atoms with Gasteiger partial charge in [0.05, 0.1) is 5.25 Å². The van der Waals surface area contributed by atoms with Gasteiger partial charge in [-0.3, -0.25) is 4.79 Å². The van der Waals surface area contributed by atoms with E-state index >= 15 is 0 Å². The molecule has 1 heterocycles. The molecule has 2 rings (SSSR count). The molecule has 1 atom stereocenters. The Morgan fingerprint density at radius 1 is 1.20 bits per heavy atom. The largest absolute Gasteiger partial charge is 0.298 e. The Morgan fingerprint density at radius 2 is 1.87 bits per heavy atom. The van der Waals surface area contributed by atoms with E-state index in [-0.39, 0.29) is 29.8 Å². The van der Waals surface area contributed by atoms with Crippen molar-refractivity contribution in [3.63, 3.8) is 0 Å². The van der Waals surface area contributed by atoms with Crippen molar-refractivity contribution in [3.05, 3.63) is 0 Å².